The Bertz CT molecular complexity index is 1030. The maximum atomic E-state index is 11.7. The zero-order valence-corrected chi connectivity index (χ0v) is 23.6. The molecule has 0 bridgehead atoms. The van der Waals surface area contributed by atoms with Crippen LogP contribution in [0.15, 0.2) is 42.5 Å². The molecule has 6 heteroatoms. The molecule has 2 aliphatic rings. The summed E-state index contributed by atoms with van der Waals surface area (Å²) in [5.74, 6) is 0.376. The van der Waals surface area contributed by atoms with E-state index in [4.69, 9.17) is 0 Å². The number of hydrogen-bond acceptors (Lipinski definition) is 6. The summed E-state index contributed by atoms with van der Waals surface area (Å²) in [6, 6.07) is 13.1. The van der Waals surface area contributed by atoms with E-state index in [0.29, 0.717) is 13.1 Å². The lowest BCUT2D eigenvalue weighted by Gasteiger charge is -2.41. The van der Waals surface area contributed by atoms with Crippen molar-refractivity contribution in [2.45, 2.75) is 93.8 Å². The van der Waals surface area contributed by atoms with Gasteiger partial charge < -0.3 is 30.2 Å². The van der Waals surface area contributed by atoms with Gasteiger partial charge in [-0.15, -0.1) is 0 Å². The van der Waals surface area contributed by atoms with Gasteiger partial charge in [0.25, 0.3) is 0 Å². The van der Waals surface area contributed by atoms with Crippen molar-refractivity contribution in [3.05, 3.63) is 59.2 Å². The maximum absolute atomic E-state index is 11.7. The lowest BCUT2D eigenvalue weighted by molar-refractivity contribution is -0.0300. The smallest absolute Gasteiger partial charge is 0.120 e. The van der Waals surface area contributed by atoms with Crippen LogP contribution in [0.5, 0.6) is 11.5 Å². The molecule has 2 aromatic rings. The molecule has 4 rings (SSSR count). The lowest BCUT2D eigenvalue weighted by atomic mass is 9.72. The lowest BCUT2D eigenvalue weighted by Crippen LogP contribution is -2.43. The van der Waals surface area contributed by atoms with Gasteiger partial charge in [-0.25, -0.2) is 0 Å². The van der Waals surface area contributed by atoms with Crippen LogP contribution in [0.3, 0.4) is 0 Å². The Balaban J connectivity index is 1.57. The zero-order valence-electron chi connectivity index (χ0n) is 23.6. The minimum Gasteiger partial charge on any atom is -0.508 e. The van der Waals surface area contributed by atoms with Gasteiger partial charge in [0.1, 0.15) is 11.5 Å². The molecule has 2 unspecified atom stereocenters. The summed E-state index contributed by atoms with van der Waals surface area (Å²) >= 11 is 0. The van der Waals surface area contributed by atoms with E-state index in [1.54, 1.807) is 18.2 Å². The quantitative estimate of drug-likeness (QED) is 0.335. The van der Waals surface area contributed by atoms with E-state index < -0.39 is 11.2 Å². The third-order valence-corrected chi connectivity index (χ3v) is 9.02. The number of hydrogen-bond donors (Lipinski definition) is 4. The van der Waals surface area contributed by atoms with Crippen molar-refractivity contribution in [3.63, 3.8) is 0 Å². The van der Waals surface area contributed by atoms with E-state index in [1.165, 1.54) is 6.42 Å². The van der Waals surface area contributed by atoms with Gasteiger partial charge in [-0.05, 0) is 76.2 Å². The zero-order chi connectivity index (χ0) is 27.3. The first-order valence-electron chi connectivity index (χ1n) is 14.5. The van der Waals surface area contributed by atoms with E-state index in [9.17, 15) is 20.4 Å². The van der Waals surface area contributed by atoms with Crippen LogP contribution < -0.4 is 0 Å². The Morgan fingerprint density at radius 3 is 1.71 bits per heavy atom. The standard InChI is InChI=1S/C32H48N2O4/c1-33(2)22-28(31(37)16-6-4-7-17-31)25-12-15-30(36)26(20-25)21-34(3)23-29(24-10-13-27(35)14-11-24)32(38)18-8-5-9-19-32/h10-15,20,28-29,35-38H,4-9,16-19,21-23H2,1-3H3. The highest BCUT2D eigenvalue weighted by Gasteiger charge is 2.40. The second kappa shape index (κ2) is 12.4. The summed E-state index contributed by atoms with van der Waals surface area (Å²) in [4.78, 5) is 4.32. The van der Waals surface area contributed by atoms with Crippen LogP contribution in [-0.4, -0.2) is 75.7 Å². The first-order chi connectivity index (χ1) is 18.1. The van der Waals surface area contributed by atoms with Crippen molar-refractivity contribution in [1.82, 2.24) is 9.80 Å². The fourth-order valence-electron chi connectivity index (χ4n) is 6.88. The van der Waals surface area contributed by atoms with Crippen molar-refractivity contribution in [1.29, 1.82) is 0 Å². The number of aliphatic hydroxyl groups is 2. The van der Waals surface area contributed by atoms with E-state index >= 15 is 0 Å². The number of nitrogens with zero attached hydrogens (tertiary/aromatic N) is 2. The molecule has 0 saturated heterocycles. The molecule has 4 N–H and O–H groups in total. The van der Waals surface area contributed by atoms with Crippen molar-refractivity contribution in [2.75, 3.05) is 34.2 Å². The molecule has 38 heavy (non-hydrogen) atoms. The first-order valence-corrected chi connectivity index (χ1v) is 14.5. The van der Waals surface area contributed by atoms with Gasteiger partial charge in [0.05, 0.1) is 11.2 Å². The molecule has 2 aromatic carbocycles. The molecule has 0 aromatic heterocycles. The highest BCUT2D eigenvalue weighted by Crippen LogP contribution is 2.43. The number of rotatable bonds is 10. The molecule has 2 aliphatic carbocycles. The van der Waals surface area contributed by atoms with Crippen molar-refractivity contribution < 1.29 is 20.4 Å². The monoisotopic (exact) mass is 524 g/mol. The Morgan fingerprint density at radius 1 is 0.684 bits per heavy atom. The maximum Gasteiger partial charge on any atom is 0.120 e. The molecule has 2 fully saturated rings. The molecular weight excluding hydrogens is 476 g/mol. The number of likely N-dealkylation sites (N-methyl/N-ethyl adjacent to an activating group) is 2. The SMILES string of the molecule is CN(C)CC(c1ccc(O)c(CN(C)CC(c2ccc(O)cc2)C2(O)CCCCC2)c1)C1(O)CCCCC1. The number of benzene rings is 2. The van der Waals surface area contributed by atoms with Gasteiger partial charge in [-0.3, -0.25) is 0 Å². The molecule has 0 amide bonds. The van der Waals surface area contributed by atoms with Crippen LogP contribution >= 0.6 is 0 Å². The van der Waals surface area contributed by atoms with Crippen LogP contribution in [-0.2, 0) is 6.54 Å². The predicted molar refractivity (Wildman–Crippen MR) is 153 cm³/mol. The topological polar surface area (TPSA) is 87.4 Å². The Hall–Kier alpha value is -2.12. The van der Waals surface area contributed by atoms with Crippen molar-refractivity contribution >= 4 is 0 Å². The third-order valence-electron chi connectivity index (χ3n) is 9.02. The van der Waals surface area contributed by atoms with Gasteiger partial charge in [-0.1, -0.05) is 62.8 Å². The van der Waals surface area contributed by atoms with E-state index in [1.807, 2.05) is 39.3 Å². The fraction of sp³-hybridized carbons (Fsp3) is 0.625. The van der Waals surface area contributed by atoms with Gasteiger partial charge >= 0.3 is 0 Å². The summed E-state index contributed by atoms with van der Waals surface area (Å²) in [6.07, 6.45) is 9.66. The molecule has 0 spiro atoms. The Morgan fingerprint density at radius 2 is 1.18 bits per heavy atom. The Kier molecular flexibility index (Phi) is 9.40. The van der Waals surface area contributed by atoms with Crippen molar-refractivity contribution in [3.8, 4) is 11.5 Å². The largest absolute Gasteiger partial charge is 0.508 e. The van der Waals surface area contributed by atoms with Crippen molar-refractivity contribution in [2.24, 2.45) is 0 Å². The summed E-state index contributed by atoms with van der Waals surface area (Å²) in [7, 11) is 6.14. The molecule has 0 heterocycles. The van der Waals surface area contributed by atoms with E-state index in [2.05, 4.69) is 15.9 Å². The molecule has 6 nitrogen and oxygen atoms in total. The van der Waals surface area contributed by atoms with Crippen LogP contribution in [0.1, 0.15) is 92.7 Å². The highest BCUT2D eigenvalue weighted by atomic mass is 16.3. The summed E-state index contributed by atoms with van der Waals surface area (Å²) in [6.45, 7) is 1.93. The number of aromatic hydroxyl groups is 2. The van der Waals surface area contributed by atoms with E-state index in [-0.39, 0.29) is 23.3 Å². The first kappa shape index (κ1) is 28.9. The van der Waals surface area contributed by atoms with Gasteiger partial charge in [0.2, 0.25) is 0 Å². The summed E-state index contributed by atoms with van der Waals surface area (Å²) in [5, 5.41) is 44.1. The molecule has 2 saturated carbocycles. The second-order valence-corrected chi connectivity index (χ2v) is 12.4. The van der Waals surface area contributed by atoms with Gasteiger partial charge in [0, 0.05) is 37.0 Å². The second-order valence-electron chi connectivity index (χ2n) is 12.4. The molecule has 210 valence electrons. The normalized spacial score (nSPS) is 20.9. The van der Waals surface area contributed by atoms with Gasteiger partial charge in [0.15, 0.2) is 0 Å². The third kappa shape index (κ3) is 6.90. The molecular formula is C32H48N2O4. The number of phenolic OH excluding ortho intramolecular Hbond substituents is 2. The van der Waals surface area contributed by atoms with Crippen LogP contribution in [0.4, 0.5) is 0 Å². The minimum absolute atomic E-state index is 0.0184. The fourth-order valence-corrected chi connectivity index (χ4v) is 6.88. The average molecular weight is 525 g/mol. The van der Waals surface area contributed by atoms with E-state index in [0.717, 1.165) is 81.0 Å². The van der Waals surface area contributed by atoms with Gasteiger partial charge in [-0.2, -0.15) is 0 Å². The number of phenols is 2. The highest BCUT2D eigenvalue weighted by molar-refractivity contribution is 5.39. The van der Waals surface area contributed by atoms with Crippen LogP contribution in [0.25, 0.3) is 0 Å². The van der Waals surface area contributed by atoms with Crippen LogP contribution in [0, 0.1) is 0 Å². The predicted octanol–water partition coefficient (Wildman–Crippen LogP) is 5.35. The minimum atomic E-state index is -0.783. The average Bonchev–Trinajstić information content (AvgIpc) is 2.88. The molecule has 2 atom stereocenters. The molecule has 0 aliphatic heterocycles. The Labute approximate surface area is 228 Å². The molecule has 0 radical (unpaired) electrons. The summed E-state index contributed by atoms with van der Waals surface area (Å²) < 4.78 is 0. The summed E-state index contributed by atoms with van der Waals surface area (Å²) in [5.41, 5.74) is 1.44. The van der Waals surface area contributed by atoms with Crippen LogP contribution in [0.2, 0.25) is 0 Å².